The van der Waals surface area contributed by atoms with Crippen LogP contribution in [0.2, 0.25) is 0 Å². The van der Waals surface area contributed by atoms with Crippen molar-refractivity contribution < 1.29 is 8.78 Å². The third-order valence-electron chi connectivity index (χ3n) is 4.08. The Bertz CT molecular complexity index is 835. The van der Waals surface area contributed by atoms with Crippen LogP contribution in [0.25, 0.3) is 22.2 Å². The smallest absolute Gasteiger partial charge is 0.266 e. The molecule has 0 amide bonds. The highest BCUT2D eigenvalue weighted by Gasteiger charge is 2.39. The van der Waals surface area contributed by atoms with Crippen LogP contribution >= 0.6 is 0 Å². The lowest BCUT2D eigenvalue weighted by molar-refractivity contribution is 0.0257. The molecule has 114 valence electrons. The zero-order valence-corrected chi connectivity index (χ0v) is 12.1. The molecule has 1 fully saturated rings. The second-order valence-corrected chi connectivity index (χ2v) is 5.69. The summed E-state index contributed by atoms with van der Waals surface area (Å²) in [7, 11) is 1.85. The van der Waals surface area contributed by atoms with Crippen molar-refractivity contribution in [2.24, 2.45) is 7.05 Å². The number of fused-ring (bicyclic) bond motifs is 1. The summed E-state index contributed by atoms with van der Waals surface area (Å²) in [5.41, 5.74) is 3.37. The Hall–Kier alpha value is -2.44. The summed E-state index contributed by atoms with van der Waals surface area (Å²) in [6.45, 7) is 0.105. The van der Waals surface area contributed by atoms with Crippen LogP contribution in [0, 0.1) is 0 Å². The summed E-state index contributed by atoms with van der Waals surface area (Å²) in [6.07, 6.45) is 7.06. The van der Waals surface area contributed by atoms with E-state index < -0.39 is 5.92 Å². The van der Waals surface area contributed by atoms with Gasteiger partial charge in [-0.2, -0.15) is 5.10 Å². The Kier molecular flexibility index (Phi) is 2.72. The van der Waals surface area contributed by atoms with Crippen molar-refractivity contribution in [3.8, 4) is 11.1 Å². The highest BCUT2D eigenvalue weighted by molar-refractivity contribution is 6.02. The predicted octanol–water partition coefficient (Wildman–Crippen LogP) is 2.81. The van der Waals surface area contributed by atoms with Crippen molar-refractivity contribution in [2.75, 3.05) is 18.0 Å². The molecule has 3 aromatic heterocycles. The first-order valence-electron chi connectivity index (χ1n) is 7.11. The number of nitrogens with one attached hydrogen (secondary N) is 1. The number of rotatable bonds is 2. The van der Waals surface area contributed by atoms with E-state index in [0.29, 0.717) is 12.2 Å². The lowest BCUT2D eigenvalue weighted by Gasteiger charge is -2.19. The van der Waals surface area contributed by atoms with Gasteiger partial charge in [-0.1, -0.05) is 0 Å². The predicted molar refractivity (Wildman–Crippen MR) is 80.1 cm³/mol. The number of pyridine rings is 1. The van der Waals surface area contributed by atoms with E-state index in [1.54, 1.807) is 28.0 Å². The van der Waals surface area contributed by atoms with Gasteiger partial charge in [0.15, 0.2) is 0 Å². The number of anilines is 1. The number of hydrogen-bond acceptors (Lipinski definition) is 3. The lowest BCUT2D eigenvalue weighted by Crippen LogP contribution is -2.25. The average Bonchev–Trinajstić information content (AvgIpc) is 3.16. The first-order chi connectivity index (χ1) is 10.5. The lowest BCUT2D eigenvalue weighted by atomic mass is 10.1. The number of H-pyrrole nitrogens is 1. The van der Waals surface area contributed by atoms with Gasteiger partial charge in [-0.3, -0.25) is 4.68 Å². The number of halogens is 2. The van der Waals surface area contributed by atoms with Crippen LogP contribution in [0.3, 0.4) is 0 Å². The molecule has 0 aromatic carbocycles. The number of aryl methyl sites for hydroxylation is 1. The molecule has 7 heteroatoms. The molecule has 1 aliphatic heterocycles. The maximum atomic E-state index is 13.6. The summed E-state index contributed by atoms with van der Waals surface area (Å²) in [5, 5.41) is 5.05. The van der Waals surface area contributed by atoms with Crippen molar-refractivity contribution in [1.29, 1.82) is 0 Å². The largest absolute Gasteiger partial charge is 0.365 e. The van der Waals surface area contributed by atoms with Crippen LogP contribution in [0.15, 0.2) is 30.9 Å². The molecule has 0 saturated carbocycles. The van der Waals surface area contributed by atoms with Crippen LogP contribution in [0.5, 0.6) is 0 Å². The number of hydrogen-bond donors (Lipinski definition) is 1. The Morgan fingerprint density at radius 3 is 2.91 bits per heavy atom. The van der Waals surface area contributed by atoms with E-state index in [1.807, 2.05) is 19.4 Å². The van der Waals surface area contributed by atoms with Gasteiger partial charge in [0.05, 0.1) is 23.8 Å². The van der Waals surface area contributed by atoms with Crippen LogP contribution in [-0.2, 0) is 7.05 Å². The molecule has 4 heterocycles. The minimum Gasteiger partial charge on any atom is -0.365 e. The number of nitrogens with zero attached hydrogens (tertiary/aromatic N) is 4. The van der Waals surface area contributed by atoms with Gasteiger partial charge < -0.3 is 9.88 Å². The van der Waals surface area contributed by atoms with Gasteiger partial charge in [0.2, 0.25) is 0 Å². The standard InChI is InChI=1S/C15H15F2N5/c1-21-8-10(6-20-21)11-7-19-14-13(11)12(2-4-18-14)22-5-3-15(16,17)9-22/h2,4,6-8H,3,5,9H2,1H3,(H,18,19). The molecule has 5 nitrogen and oxygen atoms in total. The van der Waals surface area contributed by atoms with Gasteiger partial charge in [0.25, 0.3) is 5.92 Å². The van der Waals surface area contributed by atoms with Crippen molar-refractivity contribution in [2.45, 2.75) is 12.3 Å². The zero-order valence-electron chi connectivity index (χ0n) is 12.1. The monoisotopic (exact) mass is 303 g/mol. The summed E-state index contributed by atoms with van der Waals surface area (Å²) < 4.78 is 28.8. The molecule has 3 aromatic rings. The van der Waals surface area contributed by atoms with E-state index in [9.17, 15) is 8.78 Å². The third kappa shape index (κ3) is 2.04. The van der Waals surface area contributed by atoms with Crippen molar-refractivity contribution in [1.82, 2.24) is 19.7 Å². The fraction of sp³-hybridized carbons (Fsp3) is 0.333. The minimum atomic E-state index is -2.62. The maximum Gasteiger partial charge on any atom is 0.266 e. The SMILES string of the molecule is Cn1cc(-c2c[nH]c3nccc(N4CCC(F)(F)C4)c23)cn1. The molecule has 0 bridgehead atoms. The Balaban J connectivity index is 1.87. The van der Waals surface area contributed by atoms with Crippen LogP contribution < -0.4 is 4.90 Å². The summed E-state index contributed by atoms with van der Waals surface area (Å²) in [6, 6.07) is 1.80. The van der Waals surface area contributed by atoms with Crippen molar-refractivity contribution in [3.05, 3.63) is 30.9 Å². The normalized spacial score (nSPS) is 17.5. The van der Waals surface area contributed by atoms with Gasteiger partial charge in [-0.15, -0.1) is 0 Å². The molecule has 0 aliphatic carbocycles. The molecule has 0 unspecified atom stereocenters. The van der Waals surface area contributed by atoms with Gasteiger partial charge in [-0.25, -0.2) is 13.8 Å². The van der Waals surface area contributed by atoms with E-state index in [1.165, 1.54) is 0 Å². The molecule has 1 N–H and O–H groups in total. The second kappa shape index (κ2) is 4.53. The molecule has 22 heavy (non-hydrogen) atoms. The molecular weight excluding hydrogens is 288 g/mol. The Labute approximate surface area is 125 Å². The van der Waals surface area contributed by atoms with Gasteiger partial charge in [0, 0.05) is 49.7 Å². The fourth-order valence-electron chi connectivity index (χ4n) is 3.03. The zero-order chi connectivity index (χ0) is 15.3. The number of alkyl halides is 2. The van der Waals surface area contributed by atoms with Gasteiger partial charge >= 0.3 is 0 Å². The van der Waals surface area contributed by atoms with Crippen LogP contribution in [-0.4, -0.2) is 38.8 Å². The molecule has 4 rings (SSSR count). The van der Waals surface area contributed by atoms with Crippen LogP contribution in [0.4, 0.5) is 14.5 Å². The topological polar surface area (TPSA) is 49.7 Å². The van der Waals surface area contributed by atoms with Gasteiger partial charge in [0.1, 0.15) is 5.65 Å². The fourth-order valence-corrected chi connectivity index (χ4v) is 3.03. The van der Waals surface area contributed by atoms with E-state index in [4.69, 9.17) is 0 Å². The van der Waals surface area contributed by atoms with Crippen molar-refractivity contribution >= 4 is 16.7 Å². The highest BCUT2D eigenvalue weighted by atomic mass is 19.3. The molecule has 1 saturated heterocycles. The maximum absolute atomic E-state index is 13.6. The van der Waals surface area contributed by atoms with E-state index in [-0.39, 0.29) is 13.0 Å². The second-order valence-electron chi connectivity index (χ2n) is 5.69. The van der Waals surface area contributed by atoms with E-state index in [0.717, 1.165) is 22.2 Å². The highest BCUT2D eigenvalue weighted by Crippen LogP contribution is 2.38. The quantitative estimate of drug-likeness (QED) is 0.792. The minimum absolute atomic E-state index is 0.108. The Morgan fingerprint density at radius 1 is 1.36 bits per heavy atom. The number of aromatic nitrogens is 4. The molecule has 0 atom stereocenters. The third-order valence-corrected chi connectivity index (χ3v) is 4.08. The first-order valence-corrected chi connectivity index (χ1v) is 7.11. The summed E-state index contributed by atoms with van der Waals surface area (Å²) in [5.74, 6) is -2.62. The number of aromatic amines is 1. The van der Waals surface area contributed by atoms with Gasteiger partial charge in [-0.05, 0) is 6.07 Å². The molecular formula is C15H15F2N5. The van der Waals surface area contributed by atoms with Crippen LogP contribution in [0.1, 0.15) is 6.42 Å². The van der Waals surface area contributed by atoms with E-state index in [2.05, 4.69) is 15.1 Å². The van der Waals surface area contributed by atoms with Crippen molar-refractivity contribution in [3.63, 3.8) is 0 Å². The molecule has 1 aliphatic rings. The molecule has 0 spiro atoms. The first kappa shape index (κ1) is 13.2. The average molecular weight is 303 g/mol. The Morgan fingerprint density at radius 2 is 2.23 bits per heavy atom. The summed E-state index contributed by atoms with van der Waals surface area (Å²) in [4.78, 5) is 9.16. The summed E-state index contributed by atoms with van der Waals surface area (Å²) >= 11 is 0. The molecule has 0 radical (unpaired) electrons. The van der Waals surface area contributed by atoms with E-state index >= 15 is 0 Å².